The number of urea groups is 1. The summed E-state index contributed by atoms with van der Waals surface area (Å²) in [5.41, 5.74) is 3.91. The number of hydrogen-bond acceptors (Lipinski definition) is 2. The van der Waals surface area contributed by atoms with Gasteiger partial charge in [-0.1, -0.05) is 42.5 Å². The van der Waals surface area contributed by atoms with Gasteiger partial charge in [0, 0.05) is 25.3 Å². The highest BCUT2D eigenvalue weighted by Crippen LogP contribution is 2.30. The van der Waals surface area contributed by atoms with Crippen molar-refractivity contribution in [2.45, 2.75) is 25.3 Å². The molecule has 4 nitrogen and oxygen atoms in total. The van der Waals surface area contributed by atoms with Crippen molar-refractivity contribution in [2.24, 2.45) is 5.92 Å². The average molecular weight is 335 g/mol. The zero-order valence-corrected chi connectivity index (χ0v) is 14.4. The van der Waals surface area contributed by atoms with Crippen LogP contribution in [0, 0.1) is 5.92 Å². The molecule has 0 spiro atoms. The van der Waals surface area contributed by atoms with E-state index in [1.165, 1.54) is 16.8 Å². The molecule has 1 fully saturated rings. The number of fused-ring (bicyclic) bond motifs is 1. The third-order valence-corrected chi connectivity index (χ3v) is 5.40. The van der Waals surface area contributed by atoms with Crippen molar-refractivity contribution in [1.29, 1.82) is 0 Å². The monoisotopic (exact) mass is 335 g/mol. The Hall–Kier alpha value is -2.49. The van der Waals surface area contributed by atoms with Gasteiger partial charge in [-0.3, -0.25) is 0 Å². The van der Waals surface area contributed by atoms with Crippen LogP contribution in [0.25, 0.3) is 0 Å². The second-order valence-electron chi connectivity index (χ2n) is 7.08. The minimum Gasteiger partial charge on any atom is -0.371 e. The van der Waals surface area contributed by atoms with Crippen molar-refractivity contribution in [3.63, 3.8) is 0 Å². The molecule has 0 saturated carbocycles. The third-order valence-electron chi connectivity index (χ3n) is 5.40. The van der Waals surface area contributed by atoms with Gasteiger partial charge in [-0.25, -0.2) is 4.79 Å². The fourth-order valence-corrected chi connectivity index (χ4v) is 4.03. The van der Waals surface area contributed by atoms with E-state index in [0.717, 1.165) is 38.9 Å². The Morgan fingerprint density at radius 2 is 1.84 bits per heavy atom. The molecule has 2 aliphatic rings. The van der Waals surface area contributed by atoms with Crippen LogP contribution in [0.4, 0.5) is 10.5 Å². The Morgan fingerprint density at radius 3 is 2.72 bits per heavy atom. The normalized spacial score (nSPS) is 21.8. The molecule has 1 aliphatic heterocycles. The quantitative estimate of drug-likeness (QED) is 0.898. The summed E-state index contributed by atoms with van der Waals surface area (Å²) >= 11 is 0. The van der Waals surface area contributed by atoms with E-state index in [-0.39, 0.29) is 12.1 Å². The second kappa shape index (κ2) is 7.18. The minimum absolute atomic E-state index is 0.0418. The zero-order chi connectivity index (χ0) is 17.1. The number of nitrogens with zero attached hydrogens (tertiary/aromatic N) is 1. The molecule has 1 aliphatic carbocycles. The maximum Gasteiger partial charge on any atom is 0.315 e. The summed E-state index contributed by atoms with van der Waals surface area (Å²) in [7, 11) is 0. The van der Waals surface area contributed by atoms with Gasteiger partial charge < -0.3 is 15.5 Å². The van der Waals surface area contributed by atoms with Gasteiger partial charge in [-0.05, 0) is 48.4 Å². The van der Waals surface area contributed by atoms with Crippen molar-refractivity contribution < 1.29 is 4.79 Å². The summed E-state index contributed by atoms with van der Waals surface area (Å²) in [4.78, 5) is 14.7. The molecule has 1 saturated heterocycles. The van der Waals surface area contributed by atoms with Crippen LogP contribution >= 0.6 is 0 Å². The first-order valence-electron chi connectivity index (χ1n) is 9.22. The van der Waals surface area contributed by atoms with Crippen LogP contribution in [0.3, 0.4) is 0 Å². The van der Waals surface area contributed by atoms with Gasteiger partial charge in [0.2, 0.25) is 0 Å². The molecule has 0 bridgehead atoms. The van der Waals surface area contributed by atoms with Gasteiger partial charge in [0.15, 0.2) is 0 Å². The highest BCUT2D eigenvalue weighted by molar-refractivity contribution is 5.74. The Labute approximate surface area is 149 Å². The predicted octanol–water partition coefficient (Wildman–Crippen LogP) is 3.50. The molecule has 0 unspecified atom stereocenters. The van der Waals surface area contributed by atoms with Crippen LogP contribution < -0.4 is 15.5 Å². The van der Waals surface area contributed by atoms with E-state index < -0.39 is 0 Å². The molecular formula is C21H25N3O. The Kier molecular flexibility index (Phi) is 4.59. The number of amides is 2. The van der Waals surface area contributed by atoms with Gasteiger partial charge in [0.05, 0.1) is 6.04 Å². The summed E-state index contributed by atoms with van der Waals surface area (Å²) in [5.74, 6) is 0.516. The molecule has 2 amide bonds. The first-order chi connectivity index (χ1) is 12.3. The second-order valence-corrected chi connectivity index (χ2v) is 7.08. The van der Waals surface area contributed by atoms with Gasteiger partial charge in [0.25, 0.3) is 0 Å². The lowest BCUT2D eigenvalue weighted by Gasteiger charge is -2.19. The fraction of sp³-hybridized carbons (Fsp3) is 0.381. The first-order valence-corrected chi connectivity index (χ1v) is 9.22. The maximum atomic E-state index is 12.3. The third kappa shape index (κ3) is 3.63. The van der Waals surface area contributed by atoms with E-state index in [1.807, 2.05) is 12.1 Å². The van der Waals surface area contributed by atoms with E-state index in [0.29, 0.717) is 5.92 Å². The lowest BCUT2D eigenvalue weighted by atomic mass is 10.1. The van der Waals surface area contributed by atoms with Gasteiger partial charge in [0.1, 0.15) is 0 Å². The van der Waals surface area contributed by atoms with Crippen LogP contribution in [-0.4, -0.2) is 25.7 Å². The molecule has 1 heterocycles. The summed E-state index contributed by atoms with van der Waals surface area (Å²) < 4.78 is 0. The molecule has 4 heteroatoms. The van der Waals surface area contributed by atoms with Crippen molar-refractivity contribution in [3.05, 3.63) is 65.7 Å². The number of benzene rings is 2. The topological polar surface area (TPSA) is 44.4 Å². The molecule has 130 valence electrons. The van der Waals surface area contributed by atoms with Crippen molar-refractivity contribution in [1.82, 2.24) is 10.6 Å². The molecule has 0 aromatic heterocycles. The number of anilines is 1. The number of rotatable bonds is 4. The summed E-state index contributed by atoms with van der Waals surface area (Å²) in [5, 5.41) is 6.22. The number of carbonyl (C=O) groups is 1. The summed E-state index contributed by atoms with van der Waals surface area (Å²) in [6, 6.07) is 19.0. The molecular weight excluding hydrogens is 310 g/mol. The molecule has 4 rings (SSSR count). The van der Waals surface area contributed by atoms with E-state index in [4.69, 9.17) is 0 Å². The van der Waals surface area contributed by atoms with Crippen molar-refractivity contribution in [2.75, 3.05) is 24.5 Å². The molecule has 2 aromatic carbocycles. The molecule has 2 atom stereocenters. The van der Waals surface area contributed by atoms with Crippen molar-refractivity contribution in [3.8, 4) is 0 Å². The summed E-state index contributed by atoms with van der Waals surface area (Å²) in [6.07, 6.45) is 3.18. The number of hydrogen-bond donors (Lipinski definition) is 2. The smallest absolute Gasteiger partial charge is 0.315 e. The molecule has 0 radical (unpaired) electrons. The van der Waals surface area contributed by atoms with Crippen LogP contribution in [0.5, 0.6) is 0 Å². The maximum absolute atomic E-state index is 12.3. The molecule has 25 heavy (non-hydrogen) atoms. The summed E-state index contributed by atoms with van der Waals surface area (Å²) in [6.45, 7) is 2.81. The van der Waals surface area contributed by atoms with Gasteiger partial charge in [-0.2, -0.15) is 0 Å². The largest absolute Gasteiger partial charge is 0.371 e. The highest BCUT2D eigenvalue weighted by Gasteiger charge is 2.25. The predicted molar refractivity (Wildman–Crippen MR) is 101 cm³/mol. The lowest BCUT2D eigenvalue weighted by molar-refractivity contribution is 0.235. The highest BCUT2D eigenvalue weighted by atomic mass is 16.2. The number of aryl methyl sites for hydroxylation is 1. The number of para-hydroxylation sites is 1. The minimum atomic E-state index is -0.0418. The van der Waals surface area contributed by atoms with Crippen molar-refractivity contribution >= 4 is 11.7 Å². The van der Waals surface area contributed by atoms with E-state index in [2.05, 4.69) is 58.0 Å². The molecule has 2 aromatic rings. The SMILES string of the molecule is O=C(NC[C@H]1CCN(c2ccccc2)C1)N[C@H]1CCc2ccccc21. The number of nitrogens with one attached hydrogen (secondary N) is 2. The van der Waals surface area contributed by atoms with Gasteiger partial charge >= 0.3 is 6.03 Å². The fourth-order valence-electron chi connectivity index (χ4n) is 4.03. The van der Waals surface area contributed by atoms with E-state index >= 15 is 0 Å². The van der Waals surface area contributed by atoms with E-state index in [9.17, 15) is 4.79 Å². The zero-order valence-electron chi connectivity index (χ0n) is 14.4. The Bertz CT molecular complexity index is 731. The van der Waals surface area contributed by atoms with Gasteiger partial charge in [-0.15, -0.1) is 0 Å². The van der Waals surface area contributed by atoms with E-state index in [1.54, 1.807) is 0 Å². The molecule has 2 N–H and O–H groups in total. The Balaban J connectivity index is 1.25. The van der Waals surface area contributed by atoms with Crippen LogP contribution in [-0.2, 0) is 6.42 Å². The van der Waals surface area contributed by atoms with Crippen LogP contribution in [0.2, 0.25) is 0 Å². The standard InChI is InChI=1S/C21H25N3O/c25-21(23-20-11-10-17-6-4-5-9-19(17)20)22-14-16-12-13-24(15-16)18-7-2-1-3-8-18/h1-9,16,20H,10-15H2,(H2,22,23,25)/t16-,20+/m1/s1. The lowest BCUT2D eigenvalue weighted by Crippen LogP contribution is -2.40. The Morgan fingerprint density at radius 1 is 1.04 bits per heavy atom. The number of carbonyl (C=O) groups excluding carboxylic acids is 1. The van der Waals surface area contributed by atoms with Crippen LogP contribution in [0.15, 0.2) is 54.6 Å². The first kappa shape index (κ1) is 16.0. The average Bonchev–Trinajstić information content (AvgIpc) is 3.28. The van der Waals surface area contributed by atoms with Crippen LogP contribution in [0.1, 0.15) is 30.0 Å².